The zero-order valence-electron chi connectivity index (χ0n) is 16.8. The van der Waals surface area contributed by atoms with Crippen LogP contribution in [0.1, 0.15) is 11.1 Å². The molecule has 0 radical (unpaired) electrons. The molecule has 32 heavy (non-hydrogen) atoms. The van der Waals surface area contributed by atoms with E-state index in [9.17, 15) is 9.59 Å². The minimum Gasteiger partial charge on any atom is -0.463 e. The number of aliphatic imine (C=N–C) groups is 2. The zero-order chi connectivity index (χ0) is 21.9. The van der Waals surface area contributed by atoms with Gasteiger partial charge in [-0.1, -0.05) is 36.4 Å². The highest BCUT2D eigenvalue weighted by Gasteiger charge is 2.12. The van der Waals surface area contributed by atoms with Crippen molar-refractivity contribution in [2.24, 2.45) is 9.98 Å². The third kappa shape index (κ3) is 3.77. The van der Waals surface area contributed by atoms with Crippen LogP contribution < -0.4 is 10.9 Å². The summed E-state index contributed by atoms with van der Waals surface area (Å²) in [7, 11) is 0. The molecule has 0 atom stereocenters. The van der Waals surface area contributed by atoms with E-state index in [4.69, 9.17) is 8.83 Å². The van der Waals surface area contributed by atoms with Gasteiger partial charge in [0.2, 0.25) is 10.9 Å². The highest BCUT2D eigenvalue weighted by atomic mass is 16.3. The molecule has 0 saturated heterocycles. The first-order valence-electron chi connectivity index (χ1n) is 9.88. The van der Waals surface area contributed by atoms with Gasteiger partial charge < -0.3 is 8.83 Å². The summed E-state index contributed by atoms with van der Waals surface area (Å²) in [5.74, 6) is 0. The maximum atomic E-state index is 13.0. The number of hydrogen-bond donors (Lipinski definition) is 0. The highest BCUT2D eigenvalue weighted by molar-refractivity contribution is 5.97. The summed E-state index contributed by atoms with van der Waals surface area (Å²) in [5, 5.41) is 0.554. The lowest BCUT2D eigenvalue weighted by Gasteiger charge is -2.02. The van der Waals surface area contributed by atoms with E-state index in [1.807, 2.05) is 60.7 Å². The van der Waals surface area contributed by atoms with E-state index in [0.717, 1.165) is 0 Å². The first-order valence-corrected chi connectivity index (χ1v) is 9.88. The van der Waals surface area contributed by atoms with Crippen molar-refractivity contribution in [3.05, 3.63) is 117 Å². The van der Waals surface area contributed by atoms with Crippen LogP contribution in [0.25, 0.3) is 21.9 Å². The van der Waals surface area contributed by atoms with Crippen LogP contribution in [0.15, 0.2) is 114 Å². The molecule has 6 nitrogen and oxygen atoms in total. The van der Waals surface area contributed by atoms with Crippen molar-refractivity contribution in [1.82, 2.24) is 0 Å². The molecule has 6 heteroatoms. The maximum Gasteiger partial charge on any atom is 0.201 e. The summed E-state index contributed by atoms with van der Waals surface area (Å²) in [4.78, 5) is 34.6. The Bertz CT molecular complexity index is 1480. The van der Waals surface area contributed by atoms with Gasteiger partial charge in [0.05, 0.1) is 33.3 Å². The molecular weight excluding hydrogens is 404 g/mol. The van der Waals surface area contributed by atoms with Gasteiger partial charge in [-0.15, -0.1) is 0 Å². The van der Waals surface area contributed by atoms with Gasteiger partial charge in [-0.25, -0.2) is 0 Å². The zero-order valence-corrected chi connectivity index (χ0v) is 16.8. The molecule has 2 heterocycles. The molecule has 154 valence electrons. The largest absolute Gasteiger partial charge is 0.463 e. The minimum absolute atomic E-state index is 0.277. The highest BCUT2D eigenvalue weighted by Crippen LogP contribution is 2.20. The summed E-state index contributed by atoms with van der Waals surface area (Å²) < 4.78 is 11.2. The molecule has 0 amide bonds. The van der Waals surface area contributed by atoms with Crippen molar-refractivity contribution < 1.29 is 8.83 Å². The first kappa shape index (κ1) is 19.4. The summed E-state index contributed by atoms with van der Waals surface area (Å²) in [6.45, 7) is 0. The average Bonchev–Trinajstić information content (AvgIpc) is 2.84. The van der Waals surface area contributed by atoms with E-state index in [0.29, 0.717) is 22.5 Å². The lowest BCUT2D eigenvalue weighted by Crippen LogP contribution is -2.11. The molecule has 0 aliphatic rings. The van der Waals surface area contributed by atoms with Crippen LogP contribution in [-0.4, -0.2) is 12.4 Å². The normalized spacial score (nSPS) is 11.8. The lowest BCUT2D eigenvalue weighted by molar-refractivity contribution is 0.589. The number of fused-ring (bicyclic) bond motifs is 2. The number of nitrogens with zero attached hydrogens (tertiary/aromatic N) is 2. The van der Waals surface area contributed by atoms with E-state index in [-0.39, 0.29) is 32.8 Å². The van der Waals surface area contributed by atoms with Crippen molar-refractivity contribution in [1.29, 1.82) is 0 Å². The molecular formula is C26H16N2O4. The average molecular weight is 420 g/mol. The van der Waals surface area contributed by atoms with E-state index in [1.54, 1.807) is 6.07 Å². The number of para-hydroxylation sites is 2. The predicted octanol–water partition coefficient (Wildman–Crippen LogP) is 5.40. The van der Waals surface area contributed by atoms with Gasteiger partial charge in [0, 0.05) is 18.5 Å². The molecule has 0 spiro atoms. The summed E-state index contributed by atoms with van der Waals surface area (Å²) in [6.07, 6.45) is 5.61. The third-order valence-corrected chi connectivity index (χ3v) is 4.94. The maximum absolute atomic E-state index is 13.0. The van der Waals surface area contributed by atoms with Crippen molar-refractivity contribution in [3.8, 4) is 0 Å². The van der Waals surface area contributed by atoms with E-state index >= 15 is 0 Å². The summed E-state index contributed by atoms with van der Waals surface area (Å²) in [6, 6.07) is 21.6. The Hall–Kier alpha value is -4.58. The second-order valence-electron chi connectivity index (χ2n) is 7.07. The molecule has 0 fully saturated rings. The quantitative estimate of drug-likeness (QED) is 0.288. The van der Waals surface area contributed by atoms with Crippen molar-refractivity contribution >= 4 is 45.7 Å². The minimum atomic E-state index is -0.282. The second kappa shape index (κ2) is 8.28. The van der Waals surface area contributed by atoms with E-state index < -0.39 is 0 Å². The molecule has 0 aliphatic carbocycles. The van der Waals surface area contributed by atoms with Gasteiger partial charge in [-0.2, -0.15) is 0 Å². The van der Waals surface area contributed by atoms with Crippen LogP contribution in [0.5, 0.6) is 0 Å². The van der Waals surface area contributed by atoms with Crippen molar-refractivity contribution in [3.63, 3.8) is 0 Å². The van der Waals surface area contributed by atoms with E-state index in [1.165, 1.54) is 31.0 Å². The topological polar surface area (TPSA) is 85.1 Å². The fourth-order valence-corrected chi connectivity index (χ4v) is 3.28. The SMILES string of the molecule is O=c1c(C=Nc2ccccc2)coc2cc3occ(C=Nc4ccccc4)c(=O)c3cc12. The van der Waals surface area contributed by atoms with Crippen LogP contribution in [0.3, 0.4) is 0 Å². The van der Waals surface area contributed by atoms with Crippen molar-refractivity contribution in [2.45, 2.75) is 0 Å². The Morgan fingerprint density at radius 3 is 1.47 bits per heavy atom. The van der Waals surface area contributed by atoms with Crippen LogP contribution in [-0.2, 0) is 0 Å². The molecule has 5 rings (SSSR count). The monoisotopic (exact) mass is 420 g/mol. The van der Waals surface area contributed by atoms with Gasteiger partial charge in [0.1, 0.15) is 23.7 Å². The Morgan fingerprint density at radius 1 is 0.594 bits per heavy atom. The molecule has 3 aromatic carbocycles. The van der Waals surface area contributed by atoms with Gasteiger partial charge in [-0.05, 0) is 30.3 Å². The number of hydrogen-bond acceptors (Lipinski definition) is 6. The molecule has 0 N–H and O–H groups in total. The fraction of sp³-hybridized carbons (Fsp3) is 0. The van der Waals surface area contributed by atoms with Gasteiger partial charge in [0.25, 0.3) is 0 Å². The molecule has 0 unspecified atom stereocenters. The predicted molar refractivity (Wildman–Crippen MR) is 126 cm³/mol. The van der Waals surface area contributed by atoms with Crippen LogP contribution in [0.2, 0.25) is 0 Å². The standard InChI is InChI=1S/C26H16N2O4/c29-25-17(13-27-19-7-3-1-4-8-19)15-31-23-12-24-22(11-21(23)25)26(30)18(16-32-24)14-28-20-9-5-2-6-10-20/h1-16H. The van der Waals surface area contributed by atoms with Crippen molar-refractivity contribution in [2.75, 3.05) is 0 Å². The smallest absolute Gasteiger partial charge is 0.201 e. The van der Waals surface area contributed by atoms with Crippen LogP contribution in [0, 0.1) is 0 Å². The first-order chi connectivity index (χ1) is 15.7. The third-order valence-electron chi connectivity index (χ3n) is 4.94. The van der Waals surface area contributed by atoms with Crippen LogP contribution >= 0.6 is 0 Å². The molecule has 2 aromatic heterocycles. The molecule has 0 saturated carbocycles. The molecule has 0 bridgehead atoms. The summed E-state index contributed by atoms with van der Waals surface area (Å²) in [5.41, 5.74) is 2.09. The van der Waals surface area contributed by atoms with Gasteiger partial charge >= 0.3 is 0 Å². The summed E-state index contributed by atoms with van der Waals surface area (Å²) >= 11 is 0. The Morgan fingerprint density at radius 2 is 1.03 bits per heavy atom. The molecule has 5 aromatic rings. The lowest BCUT2D eigenvalue weighted by atomic mass is 10.1. The number of benzene rings is 3. The fourth-order valence-electron chi connectivity index (χ4n) is 3.28. The Kier molecular flexibility index (Phi) is 5.01. The molecule has 0 aliphatic heterocycles. The van der Waals surface area contributed by atoms with Gasteiger partial charge in [-0.3, -0.25) is 19.6 Å². The Balaban J connectivity index is 1.59. The van der Waals surface area contributed by atoms with Gasteiger partial charge in [0.15, 0.2) is 0 Å². The van der Waals surface area contributed by atoms with E-state index in [2.05, 4.69) is 9.98 Å². The van der Waals surface area contributed by atoms with Crippen LogP contribution in [0.4, 0.5) is 11.4 Å². The number of rotatable bonds is 4. The second-order valence-corrected chi connectivity index (χ2v) is 7.07. The Labute approximate surface area is 181 Å².